The van der Waals surface area contributed by atoms with Crippen LogP contribution in [0.5, 0.6) is 0 Å². The van der Waals surface area contributed by atoms with Gasteiger partial charge in [-0.1, -0.05) is 60.2 Å². The van der Waals surface area contributed by atoms with Gasteiger partial charge in [0.1, 0.15) is 12.6 Å². The van der Waals surface area contributed by atoms with Crippen molar-refractivity contribution in [1.29, 1.82) is 0 Å². The van der Waals surface area contributed by atoms with Crippen molar-refractivity contribution < 1.29 is 52.8 Å². The molecule has 45 heavy (non-hydrogen) atoms. The lowest BCUT2D eigenvalue weighted by Crippen LogP contribution is -2.51. The van der Waals surface area contributed by atoms with Gasteiger partial charge in [-0.3, -0.25) is 19.2 Å². The number of esters is 1. The number of allylic oxidation sites excluding steroid dienone is 1. The van der Waals surface area contributed by atoms with Crippen molar-refractivity contribution >= 4 is 35.1 Å². The summed E-state index contributed by atoms with van der Waals surface area (Å²) in [4.78, 5) is 66.6. The molecule has 1 saturated heterocycles. The maximum absolute atomic E-state index is 13.8. The van der Waals surface area contributed by atoms with Gasteiger partial charge in [0.05, 0.1) is 26.4 Å². The summed E-state index contributed by atoms with van der Waals surface area (Å²) in [6.07, 6.45) is -3.03. The van der Waals surface area contributed by atoms with Gasteiger partial charge in [0.2, 0.25) is 0 Å². The number of aliphatic hydroxyl groups excluding tert-OH is 1. The van der Waals surface area contributed by atoms with Crippen molar-refractivity contribution in [3.05, 3.63) is 77.4 Å². The number of benzene rings is 2. The second-order valence-electron chi connectivity index (χ2n) is 10.2. The fourth-order valence-corrected chi connectivity index (χ4v) is 4.74. The van der Waals surface area contributed by atoms with Crippen molar-refractivity contribution in [2.45, 2.75) is 44.9 Å². The van der Waals surface area contributed by atoms with Crippen molar-refractivity contribution in [2.24, 2.45) is 0 Å². The van der Waals surface area contributed by atoms with E-state index in [9.17, 15) is 24.0 Å². The number of imide groups is 1. The van der Waals surface area contributed by atoms with Crippen molar-refractivity contribution in [3.8, 4) is 0 Å². The highest BCUT2D eigenvalue weighted by Crippen LogP contribution is 2.30. The van der Waals surface area contributed by atoms with Crippen LogP contribution in [0.4, 0.5) is 4.79 Å². The molecule has 2 aromatic rings. The molecule has 242 valence electrons. The zero-order chi connectivity index (χ0) is 32.8. The number of carbonyl (C=O) groups excluding carboxylic acids is 5. The van der Waals surface area contributed by atoms with Crippen LogP contribution in [0.1, 0.15) is 42.5 Å². The molecule has 0 aliphatic carbocycles. The maximum atomic E-state index is 13.8. The van der Waals surface area contributed by atoms with Gasteiger partial charge in [0.15, 0.2) is 23.8 Å². The molecule has 12 heteroatoms. The van der Waals surface area contributed by atoms with Gasteiger partial charge in [0.25, 0.3) is 5.91 Å². The van der Waals surface area contributed by atoms with E-state index in [2.05, 4.69) is 0 Å². The molecule has 1 N–H and O–H groups in total. The highest BCUT2D eigenvalue weighted by atomic mass is 16.6. The molecule has 0 bridgehead atoms. The zero-order valence-electron chi connectivity index (χ0n) is 25.6. The SMILES string of the molecule is COC(C(=O)N1C(=O)OCC1c1ccccc1)C(OC(C)=O)C(=O)C=C(C(=O)CCCOCCOCCO)c1cccc(C)c1. The maximum Gasteiger partial charge on any atom is 0.417 e. The van der Waals surface area contributed by atoms with Gasteiger partial charge < -0.3 is 28.8 Å². The first kappa shape index (κ1) is 35.3. The van der Waals surface area contributed by atoms with Crippen LogP contribution in [-0.4, -0.2) is 98.5 Å². The minimum Gasteiger partial charge on any atom is -0.451 e. The Hall–Kier alpha value is -4.23. The smallest absolute Gasteiger partial charge is 0.417 e. The molecule has 2 aromatic carbocycles. The first-order valence-electron chi connectivity index (χ1n) is 14.5. The highest BCUT2D eigenvalue weighted by molar-refractivity contribution is 6.25. The van der Waals surface area contributed by atoms with E-state index < -0.39 is 42.0 Å². The van der Waals surface area contributed by atoms with Gasteiger partial charge in [-0.15, -0.1) is 0 Å². The molecular formula is C33H39NO11. The molecule has 0 radical (unpaired) electrons. The van der Waals surface area contributed by atoms with Gasteiger partial charge in [-0.25, -0.2) is 9.69 Å². The zero-order valence-corrected chi connectivity index (χ0v) is 25.6. The first-order chi connectivity index (χ1) is 21.7. The second kappa shape index (κ2) is 17.9. The lowest BCUT2D eigenvalue weighted by Gasteiger charge is -2.28. The lowest BCUT2D eigenvalue weighted by molar-refractivity contribution is -0.166. The summed E-state index contributed by atoms with van der Waals surface area (Å²) < 4.78 is 26.4. The van der Waals surface area contributed by atoms with E-state index in [1.165, 1.54) is 0 Å². The molecule has 2 amide bonds. The van der Waals surface area contributed by atoms with E-state index in [1.807, 2.05) is 13.0 Å². The number of hydrogen-bond donors (Lipinski definition) is 1. The third-order valence-corrected chi connectivity index (χ3v) is 6.86. The third-order valence-electron chi connectivity index (χ3n) is 6.86. The number of rotatable bonds is 18. The molecule has 12 nitrogen and oxygen atoms in total. The fourth-order valence-electron chi connectivity index (χ4n) is 4.74. The Labute approximate surface area is 261 Å². The molecule has 0 saturated carbocycles. The number of Topliss-reactive ketones (excluding diaryl/α,β-unsaturated/α-hetero) is 1. The number of hydrogen-bond acceptors (Lipinski definition) is 11. The Bertz CT molecular complexity index is 1360. The van der Waals surface area contributed by atoms with E-state index in [0.717, 1.165) is 30.6 Å². The van der Waals surface area contributed by atoms with Crippen LogP contribution in [0.2, 0.25) is 0 Å². The summed E-state index contributed by atoms with van der Waals surface area (Å²) in [6.45, 7) is 3.77. The average molecular weight is 626 g/mol. The molecular weight excluding hydrogens is 586 g/mol. The summed E-state index contributed by atoms with van der Waals surface area (Å²) in [7, 11) is 1.15. The van der Waals surface area contributed by atoms with Crippen LogP contribution in [0, 0.1) is 6.92 Å². The van der Waals surface area contributed by atoms with Crippen molar-refractivity contribution in [3.63, 3.8) is 0 Å². The largest absolute Gasteiger partial charge is 0.451 e. The number of amides is 2. The Morgan fingerprint density at radius 3 is 2.36 bits per heavy atom. The molecule has 0 spiro atoms. The van der Waals surface area contributed by atoms with Gasteiger partial charge in [0, 0.05) is 32.6 Å². The van der Waals surface area contributed by atoms with Crippen LogP contribution >= 0.6 is 0 Å². The minimum atomic E-state index is -1.81. The van der Waals surface area contributed by atoms with Crippen LogP contribution in [0.25, 0.3) is 5.57 Å². The predicted molar refractivity (Wildman–Crippen MR) is 161 cm³/mol. The summed E-state index contributed by atoms with van der Waals surface area (Å²) in [6, 6.07) is 14.9. The van der Waals surface area contributed by atoms with Gasteiger partial charge in [-0.05, 0) is 30.5 Å². The number of cyclic esters (lactones) is 1. The Kier molecular flexibility index (Phi) is 14.0. The highest BCUT2D eigenvalue weighted by Gasteiger charge is 2.46. The summed E-state index contributed by atoms with van der Waals surface area (Å²) in [5.74, 6) is -3.06. The monoisotopic (exact) mass is 625 g/mol. The number of aryl methyl sites for hydroxylation is 1. The van der Waals surface area contributed by atoms with E-state index in [1.54, 1.807) is 48.5 Å². The molecule has 3 rings (SSSR count). The molecule has 1 aliphatic rings. The average Bonchev–Trinajstić information content (AvgIpc) is 3.42. The van der Waals surface area contributed by atoms with Crippen LogP contribution in [0.15, 0.2) is 60.7 Å². The van der Waals surface area contributed by atoms with Crippen LogP contribution < -0.4 is 0 Å². The molecule has 3 atom stereocenters. The quantitative estimate of drug-likeness (QED) is 0.148. The molecule has 0 aromatic heterocycles. The Morgan fingerprint density at radius 1 is 1.00 bits per heavy atom. The molecule has 1 fully saturated rings. The van der Waals surface area contributed by atoms with E-state index >= 15 is 0 Å². The van der Waals surface area contributed by atoms with Crippen LogP contribution in [0.3, 0.4) is 0 Å². The topological polar surface area (TPSA) is 155 Å². The number of ketones is 2. The van der Waals surface area contributed by atoms with Crippen LogP contribution in [-0.2, 0) is 42.9 Å². The third kappa shape index (κ3) is 10.1. The Balaban J connectivity index is 1.87. The Morgan fingerprint density at radius 2 is 1.71 bits per heavy atom. The predicted octanol–water partition coefficient (Wildman–Crippen LogP) is 2.99. The fraction of sp³-hybridized carbons (Fsp3) is 0.424. The standard InChI is InChI=1S/C33H39NO11/c1-22-9-7-12-25(19-22)26(28(37)13-8-15-42-17-18-43-16-14-35)20-29(38)30(45-23(2)36)31(41-3)32(39)34-27(21-44-33(34)40)24-10-5-4-6-11-24/h4-7,9-12,19-20,27,30-31,35H,8,13-18,21H2,1-3H3. The lowest BCUT2D eigenvalue weighted by atomic mass is 9.94. The summed E-state index contributed by atoms with van der Waals surface area (Å²) in [5, 5.41) is 8.75. The summed E-state index contributed by atoms with van der Waals surface area (Å²) in [5.41, 5.74) is 1.97. The van der Waals surface area contributed by atoms with Crippen molar-refractivity contribution in [1.82, 2.24) is 4.90 Å². The van der Waals surface area contributed by atoms with E-state index in [0.29, 0.717) is 30.8 Å². The minimum absolute atomic E-state index is 0.0355. The number of carbonyl (C=O) groups is 5. The normalized spacial score (nSPS) is 16.2. The number of ether oxygens (including phenoxy) is 5. The first-order valence-corrected chi connectivity index (χ1v) is 14.5. The van der Waals surface area contributed by atoms with Crippen molar-refractivity contribution in [2.75, 3.05) is 46.8 Å². The summed E-state index contributed by atoms with van der Waals surface area (Å²) >= 11 is 0. The van der Waals surface area contributed by atoms with Gasteiger partial charge >= 0.3 is 12.1 Å². The van der Waals surface area contributed by atoms with E-state index in [-0.39, 0.29) is 44.2 Å². The molecule has 3 unspecified atom stereocenters. The van der Waals surface area contributed by atoms with E-state index in [4.69, 9.17) is 28.8 Å². The number of nitrogens with zero attached hydrogens (tertiary/aromatic N) is 1. The van der Waals surface area contributed by atoms with Gasteiger partial charge in [-0.2, -0.15) is 0 Å². The number of aliphatic hydroxyl groups is 1. The molecule has 1 aliphatic heterocycles. The second-order valence-corrected chi connectivity index (χ2v) is 10.2. The number of methoxy groups -OCH3 is 1. The molecule has 1 heterocycles.